The van der Waals surface area contributed by atoms with Crippen LogP contribution in [0.2, 0.25) is 0 Å². The summed E-state index contributed by atoms with van der Waals surface area (Å²) in [5.41, 5.74) is 2.53. The quantitative estimate of drug-likeness (QED) is 0.652. The summed E-state index contributed by atoms with van der Waals surface area (Å²) >= 11 is 0. The van der Waals surface area contributed by atoms with Crippen LogP contribution in [0.1, 0.15) is 25.8 Å². The minimum atomic E-state index is 0.0845. The van der Waals surface area contributed by atoms with Crippen molar-refractivity contribution < 1.29 is 4.42 Å². The molecule has 0 N–H and O–H groups in total. The molecule has 0 fully saturated rings. The van der Waals surface area contributed by atoms with Gasteiger partial charge < -0.3 is 4.42 Å². The van der Waals surface area contributed by atoms with Crippen LogP contribution in [0.25, 0.3) is 21.9 Å². The van der Waals surface area contributed by atoms with Crippen molar-refractivity contribution in [3.63, 3.8) is 0 Å². The van der Waals surface area contributed by atoms with E-state index in [9.17, 15) is 4.79 Å². The van der Waals surface area contributed by atoms with Crippen molar-refractivity contribution in [1.29, 1.82) is 0 Å². The standard InChI is InChI=1S/C18H18O2/c1-12(2)10-11-13-6-5-9-16-17(13)18(19)14-7-3-4-8-15(14)20-16/h3-9,12H,10-11H2,1-2H3. The first-order chi connectivity index (χ1) is 9.66. The molecule has 2 aromatic carbocycles. The van der Waals surface area contributed by atoms with E-state index in [1.165, 1.54) is 0 Å². The zero-order chi connectivity index (χ0) is 14.1. The number of fused-ring (bicyclic) bond motifs is 2. The third kappa shape index (κ3) is 2.22. The second-order valence-electron chi connectivity index (χ2n) is 5.65. The van der Waals surface area contributed by atoms with Gasteiger partial charge in [-0.05, 0) is 42.5 Å². The highest BCUT2D eigenvalue weighted by atomic mass is 16.3. The average Bonchev–Trinajstić information content (AvgIpc) is 2.45. The zero-order valence-electron chi connectivity index (χ0n) is 11.8. The number of rotatable bonds is 3. The molecule has 1 aromatic heterocycles. The predicted molar refractivity (Wildman–Crippen MR) is 83.1 cm³/mol. The van der Waals surface area contributed by atoms with Gasteiger partial charge in [-0.3, -0.25) is 4.79 Å². The first-order valence-electron chi connectivity index (χ1n) is 7.10. The fraction of sp³-hybridized carbons (Fsp3) is 0.278. The maximum Gasteiger partial charge on any atom is 0.200 e. The minimum absolute atomic E-state index is 0.0845. The molecule has 0 aliphatic rings. The average molecular weight is 266 g/mol. The summed E-state index contributed by atoms with van der Waals surface area (Å²) in [5, 5.41) is 1.41. The Morgan fingerprint density at radius 3 is 2.55 bits per heavy atom. The monoisotopic (exact) mass is 266 g/mol. The van der Waals surface area contributed by atoms with Gasteiger partial charge in [0, 0.05) is 0 Å². The van der Waals surface area contributed by atoms with Gasteiger partial charge in [0.2, 0.25) is 5.43 Å². The lowest BCUT2D eigenvalue weighted by Crippen LogP contribution is -2.06. The smallest absolute Gasteiger partial charge is 0.200 e. The van der Waals surface area contributed by atoms with Gasteiger partial charge >= 0.3 is 0 Å². The Kier molecular flexibility index (Phi) is 3.31. The van der Waals surface area contributed by atoms with Crippen molar-refractivity contribution in [3.8, 4) is 0 Å². The van der Waals surface area contributed by atoms with Crippen LogP contribution in [0.3, 0.4) is 0 Å². The summed E-state index contributed by atoms with van der Waals surface area (Å²) in [6.45, 7) is 4.39. The van der Waals surface area contributed by atoms with Gasteiger partial charge in [0.05, 0.1) is 10.8 Å². The molecule has 3 aromatic rings. The highest BCUT2D eigenvalue weighted by Crippen LogP contribution is 2.22. The highest BCUT2D eigenvalue weighted by Gasteiger charge is 2.11. The predicted octanol–water partition coefficient (Wildman–Crippen LogP) is 4.53. The Morgan fingerprint density at radius 2 is 1.75 bits per heavy atom. The van der Waals surface area contributed by atoms with Crippen LogP contribution in [0.15, 0.2) is 51.7 Å². The minimum Gasteiger partial charge on any atom is -0.456 e. The Labute approximate surface area is 118 Å². The molecule has 102 valence electrons. The lowest BCUT2D eigenvalue weighted by atomic mass is 9.98. The van der Waals surface area contributed by atoms with E-state index in [1.54, 1.807) is 0 Å². The molecule has 0 unspecified atom stereocenters. The summed E-state index contributed by atoms with van der Waals surface area (Å²) < 4.78 is 5.87. The van der Waals surface area contributed by atoms with E-state index >= 15 is 0 Å². The number of hydrogen-bond acceptors (Lipinski definition) is 2. The molecule has 0 saturated carbocycles. The van der Waals surface area contributed by atoms with Gasteiger partial charge in [-0.15, -0.1) is 0 Å². The van der Waals surface area contributed by atoms with Crippen LogP contribution in [0, 0.1) is 5.92 Å². The maximum atomic E-state index is 12.7. The third-order valence-corrected chi connectivity index (χ3v) is 3.68. The largest absolute Gasteiger partial charge is 0.456 e. The van der Waals surface area contributed by atoms with Gasteiger partial charge in [-0.25, -0.2) is 0 Å². The number of aryl methyl sites for hydroxylation is 1. The molecular formula is C18H18O2. The van der Waals surface area contributed by atoms with Crippen molar-refractivity contribution in [2.24, 2.45) is 5.92 Å². The van der Waals surface area contributed by atoms with Crippen molar-refractivity contribution in [2.75, 3.05) is 0 Å². The fourth-order valence-corrected chi connectivity index (χ4v) is 2.57. The molecule has 0 aliphatic heterocycles. The Morgan fingerprint density at radius 1 is 1.00 bits per heavy atom. The molecule has 2 heteroatoms. The summed E-state index contributed by atoms with van der Waals surface area (Å²) in [7, 11) is 0. The first-order valence-corrected chi connectivity index (χ1v) is 7.10. The van der Waals surface area contributed by atoms with Crippen molar-refractivity contribution in [1.82, 2.24) is 0 Å². The molecule has 0 aliphatic carbocycles. The van der Waals surface area contributed by atoms with Gasteiger partial charge in [0.1, 0.15) is 11.2 Å². The lowest BCUT2D eigenvalue weighted by Gasteiger charge is -2.08. The van der Waals surface area contributed by atoms with Gasteiger partial charge in [-0.2, -0.15) is 0 Å². The Hall–Kier alpha value is -2.09. The molecule has 0 bridgehead atoms. The van der Waals surface area contributed by atoms with E-state index in [2.05, 4.69) is 13.8 Å². The van der Waals surface area contributed by atoms with E-state index in [0.717, 1.165) is 23.8 Å². The molecular weight excluding hydrogens is 248 g/mol. The molecule has 0 atom stereocenters. The highest BCUT2D eigenvalue weighted by molar-refractivity contribution is 5.91. The van der Waals surface area contributed by atoms with Crippen LogP contribution in [-0.4, -0.2) is 0 Å². The van der Waals surface area contributed by atoms with Gasteiger partial charge in [0.15, 0.2) is 0 Å². The van der Waals surface area contributed by atoms with Crippen LogP contribution in [-0.2, 0) is 6.42 Å². The van der Waals surface area contributed by atoms with Crippen LogP contribution < -0.4 is 5.43 Å². The Balaban J connectivity index is 2.27. The summed E-state index contributed by atoms with van der Waals surface area (Å²) in [6, 6.07) is 13.3. The van der Waals surface area contributed by atoms with Crippen LogP contribution in [0.4, 0.5) is 0 Å². The normalized spacial score (nSPS) is 11.6. The molecule has 0 saturated heterocycles. The summed E-state index contributed by atoms with van der Waals surface area (Å²) in [5.74, 6) is 0.623. The lowest BCUT2D eigenvalue weighted by molar-refractivity contribution is 0.587. The first kappa shape index (κ1) is 12.9. The molecule has 0 amide bonds. The molecule has 1 heterocycles. The molecule has 2 nitrogen and oxygen atoms in total. The Bertz CT molecular complexity index is 812. The SMILES string of the molecule is CC(C)CCc1cccc2oc3ccccc3c(=O)c12. The van der Waals surface area contributed by atoms with Gasteiger partial charge in [-0.1, -0.05) is 38.1 Å². The van der Waals surface area contributed by atoms with E-state index in [0.29, 0.717) is 22.5 Å². The van der Waals surface area contributed by atoms with Crippen molar-refractivity contribution in [2.45, 2.75) is 26.7 Å². The zero-order valence-corrected chi connectivity index (χ0v) is 11.8. The summed E-state index contributed by atoms with van der Waals surface area (Å²) in [6.07, 6.45) is 1.99. The second-order valence-corrected chi connectivity index (χ2v) is 5.65. The summed E-state index contributed by atoms with van der Waals surface area (Å²) in [4.78, 5) is 12.7. The number of hydrogen-bond donors (Lipinski definition) is 0. The van der Waals surface area contributed by atoms with Crippen LogP contribution >= 0.6 is 0 Å². The molecule has 0 spiro atoms. The van der Waals surface area contributed by atoms with E-state index in [1.807, 2.05) is 42.5 Å². The van der Waals surface area contributed by atoms with Crippen molar-refractivity contribution in [3.05, 3.63) is 58.3 Å². The van der Waals surface area contributed by atoms with Gasteiger partial charge in [0.25, 0.3) is 0 Å². The van der Waals surface area contributed by atoms with E-state index in [-0.39, 0.29) is 5.43 Å². The van der Waals surface area contributed by atoms with E-state index in [4.69, 9.17) is 4.42 Å². The third-order valence-electron chi connectivity index (χ3n) is 3.68. The molecule has 0 radical (unpaired) electrons. The molecule has 3 rings (SSSR count). The van der Waals surface area contributed by atoms with Crippen molar-refractivity contribution >= 4 is 21.9 Å². The number of benzene rings is 2. The maximum absolute atomic E-state index is 12.7. The number of para-hydroxylation sites is 1. The van der Waals surface area contributed by atoms with E-state index < -0.39 is 0 Å². The fourth-order valence-electron chi connectivity index (χ4n) is 2.57. The molecule has 20 heavy (non-hydrogen) atoms. The topological polar surface area (TPSA) is 30.2 Å². The van der Waals surface area contributed by atoms with Crippen LogP contribution in [0.5, 0.6) is 0 Å². The second kappa shape index (κ2) is 5.12.